The number of carbonyl (C=O) groups excluding carboxylic acids is 1. The number of ketones is 1. The SMILES string of the molecule is CC(C)(C)c1ccc(C(=N)C(=O)c2cc(-c3ccc(O)cc3)n[nH]2)cc1. The smallest absolute Gasteiger partial charge is 0.228 e. The van der Waals surface area contributed by atoms with Gasteiger partial charge in [-0.05, 0) is 41.3 Å². The number of aromatic hydroxyl groups is 1. The molecule has 0 bridgehead atoms. The van der Waals surface area contributed by atoms with Crippen LogP contribution >= 0.6 is 0 Å². The van der Waals surface area contributed by atoms with Gasteiger partial charge in [-0.3, -0.25) is 15.3 Å². The van der Waals surface area contributed by atoms with Gasteiger partial charge in [0.1, 0.15) is 17.2 Å². The number of benzene rings is 2. The number of hydrogen-bond acceptors (Lipinski definition) is 4. The third-order valence-electron chi connectivity index (χ3n) is 4.25. The summed E-state index contributed by atoms with van der Waals surface area (Å²) < 4.78 is 0. The van der Waals surface area contributed by atoms with Gasteiger partial charge in [-0.25, -0.2) is 0 Å². The van der Waals surface area contributed by atoms with Crippen LogP contribution in [0.1, 0.15) is 42.4 Å². The number of nitrogens with zero attached hydrogens (tertiary/aromatic N) is 1. The molecule has 1 aromatic heterocycles. The molecule has 0 saturated heterocycles. The number of hydrogen-bond donors (Lipinski definition) is 3. The van der Waals surface area contributed by atoms with Crippen molar-refractivity contribution in [3.8, 4) is 17.0 Å². The van der Waals surface area contributed by atoms with Gasteiger partial charge in [0.15, 0.2) is 0 Å². The lowest BCUT2D eigenvalue weighted by Crippen LogP contribution is -2.16. The zero-order chi connectivity index (χ0) is 18.9. The molecule has 3 N–H and O–H groups in total. The van der Waals surface area contributed by atoms with Crippen molar-refractivity contribution in [3.63, 3.8) is 0 Å². The Labute approximate surface area is 152 Å². The Balaban J connectivity index is 1.81. The maximum absolute atomic E-state index is 12.6. The number of phenols is 1. The fraction of sp³-hybridized carbons (Fsp3) is 0.190. The molecule has 3 aromatic rings. The van der Waals surface area contributed by atoms with Crippen LogP contribution in [0.25, 0.3) is 11.3 Å². The highest BCUT2D eigenvalue weighted by Gasteiger charge is 2.19. The van der Waals surface area contributed by atoms with Gasteiger partial charge in [0, 0.05) is 11.1 Å². The zero-order valence-electron chi connectivity index (χ0n) is 15.0. The van der Waals surface area contributed by atoms with Gasteiger partial charge in [-0.15, -0.1) is 0 Å². The molecule has 0 aliphatic rings. The molecule has 0 aliphatic heterocycles. The number of carbonyl (C=O) groups is 1. The molecule has 0 spiro atoms. The normalized spacial score (nSPS) is 11.3. The molecule has 26 heavy (non-hydrogen) atoms. The minimum absolute atomic E-state index is 0.0210. The van der Waals surface area contributed by atoms with Crippen molar-refractivity contribution in [3.05, 3.63) is 71.4 Å². The van der Waals surface area contributed by atoms with Crippen LogP contribution in [0.5, 0.6) is 5.75 Å². The van der Waals surface area contributed by atoms with Crippen LogP contribution in [0.2, 0.25) is 0 Å². The highest BCUT2D eigenvalue weighted by Crippen LogP contribution is 2.23. The van der Waals surface area contributed by atoms with Crippen LogP contribution in [0.4, 0.5) is 0 Å². The Morgan fingerprint density at radius 3 is 2.23 bits per heavy atom. The average molecular weight is 347 g/mol. The average Bonchev–Trinajstić information content (AvgIpc) is 3.10. The number of phenolic OH excluding ortho intramolecular Hbond substituents is 1. The Bertz CT molecular complexity index is 946. The second-order valence-electron chi connectivity index (χ2n) is 7.25. The molecular weight excluding hydrogens is 326 g/mol. The van der Waals surface area contributed by atoms with Crippen molar-refractivity contribution in [1.82, 2.24) is 10.2 Å². The van der Waals surface area contributed by atoms with Gasteiger partial charge >= 0.3 is 0 Å². The van der Waals surface area contributed by atoms with Crippen molar-refractivity contribution in [1.29, 1.82) is 5.41 Å². The largest absolute Gasteiger partial charge is 0.508 e. The first-order valence-corrected chi connectivity index (χ1v) is 8.35. The van der Waals surface area contributed by atoms with E-state index in [-0.39, 0.29) is 22.6 Å². The fourth-order valence-corrected chi connectivity index (χ4v) is 2.62. The predicted octanol–water partition coefficient (Wildman–Crippen LogP) is 4.33. The van der Waals surface area contributed by atoms with E-state index in [1.54, 1.807) is 42.5 Å². The molecule has 5 nitrogen and oxygen atoms in total. The molecule has 0 radical (unpaired) electrons. The Kier molecular flexibility index (Phi) is 4.47. The van der Waals surface area contributed by atoms with E-state index < -0.39 is 5.78 Å². The van der Waals surface area contributed by atoms with Crippen LogP contribution in [0, 0.1) is 5.41 Å². The number of rotatable bonds is 4. The lowest BCUT2D eigenvalue weighted by atomic mass is 9.86. The first-order chi connectivity index (χ1) is 12.3. The third-order valence-corrected chi connectivity index (χ3v) is 4.25. The standard InChI is InChI=1S/C21H21N3O2/c1-21(2,3)15-8-4-14(5-9-15)19(22)20(26)18-12-17(23-24-18)13-6-10-16(25)11-7-13/h4-12,22,25H,1-3H3,(H,23,24). The monoisotopic (exact) mass is 347 g/mol. The molecule has 0 amide bonds. The molecule has 0 aliphatic carbocycles. The maximum atomic E-state index is 12.6. The summed E-state index contributed by atoms with van der Waals surface area (Å²) in [6.07, 6.45) is 0. The van der Waals surface area contributed by atoms with Gasteiger partial charge in [-0.1, -0.05) is 45.0 Å². The van der Waals surface area contributed by atoms with E-state index in [1.807, 2.05) is 12.1 Å². The van der Waals surface area contributed by atoms with Crippen LogP contribution in [-0.4, -0.2) is 26.8 Å². The van der Waals surface area contributed by atoms with Gasteiger partial charge in [0.25, 0.3) is 0 Å². The molecular formula is C21H21N3O2. The number of Topliss-reactive ketones (excluding diaryl/α,β-unsaturated/α-hetero) is 1. The summed E-state index contributed by atoms with van der Waals surface area (Å²) in [5.74, 6) is -0.243. The Hall–Kier alpha value is -3.21. The summed E-state index contributed by atoms with van der Waals surface area (Å²) >= 11 is 0. The number of aromatic amines is 1. The third kappa shape index (κ3) is 3.57. The van der Waals surface area contributed by atoms with Gasteiger partial charge in [0.2, 0.25) is 5.78 Å². The number of H-pyrrole nitrogens is 1. The zero-order valence-corrected chi connectivity index (χ0v) is 15.0. The van der Waals surface area contributed by atoms with E-state index in [1.165, 1.54) is 0 Å². The number of nitrogens with one attached hydrogen (secondary N) is 2. The van der Waals surface area contributed by atoms with Crippen LogP contribution in [-0.2, 0) is 5.41 Å². The highest BCUT2D eigenvalue weighted by molar-refractivity contribution is 6.50. The molecule has 0 unspecified atom stereocenters. The quantitative estimate of drug-likeness (QED) is 0.485. The van der Waals surface area contributed by atoms with Gasteiger partial charge in [0.05, 0.1) is 5.69 Å². The number of aromatic nitrogens is 2. The Morgan fingerprint density at radius 1 is 1.04 bits per heavy atom. The van der Waals surface area contributed by atoms with E-state index in [4.69, 9.17) is 5.41 Å². The lowest BCUT2D eigenvalue weighted by molar-refractivity contribution is 0.106. The molecule has 0 fully saturated rings. The molecule has 132 valence electrons. The highest BCUT2D eigenvalue weighted by atomic mass is 16.3. The maximum Gasteiger partial charge on any atom is 0.228 e. The van der Waals surface area contributed by atoms with E-state index >= 15 is 0 Å². The van der Waals surface area contributed by atoms with Crippen LogP contribution in [0.3, 0.4) is 0 Å². The van der Waals surface area contributed by atoms with Crippen LogP contribution < -0.4 is 0 Å². The molecule has 0 saturated carbocycles. The fourth-order valence-electron chi connectivity index (χ4n) is 2.62. The van der Waals surface area contributed by atoms with E-state index in [2.05, 4.69) is 31.0 Å². The topological polar surface area (TPSA) is 89.8 Å². The Morgan fingerprint density at radius 2 is 1.65 bits per heavy atom. The minimum Gasteiger partial charge on any atom is -0.508 e. The lowest BCUT2D eigenvalue weighted by Gasteiger charge is -2.19. The van der Waals surface area contributed by atoms with E-state index in [9.17, 15) is 9.90 Å². The van der Waals surface area contributed by atoms with Crippen molar-refractivity contribution in [2.45, 2.75) is 26.2 Å². The van der Waals surface area contributed by atoms with Crippen molar-refractivity contribution in [2.24, 2.45) is 0 Å². The predicted molar refractivity (Wildman–Crippen MR) is 102 cm³/mol. The minimum atomic E-state index is -0.411. The first kappa shape index (κ1) is 17.6. The summed E-state index contributed by atoms with van der Waals surface area (Å²) in [6.45, 7) is 6.36. The summed E-state index contributed by atoms with van der Waals surface area (Å²) in [5.41, 5.74) is 3.29. The summed E-state index contributed by atoms with van der Waals surface area (Å²) in [4.78, 5) is 12.6. The first-order valence-electron chi connectivity index (χ1n) is 8.35. The second-order valence-corrected chi connectivity index (χ2v) is 7.25. The van der Waals surface area contributed by atoms with E-state index in [0.717, 1.165) is 11.1 Å². The van der Waals surface area contributed by atoms with Crippen molar-refractivity contribution < 1.29 is 9.90 Å². The summed E-state index contributed by atoms with van der Waals surface area (Å²) in [7, 11) is 0. The second kappa shape index (κ2) is 6.59. The summed E-state index contributed by atoms with van der Waals surface area (Å²) in [6, 6.07) is 15.7. The van der Waals surface area contributed by atoms with Crippen molar-refractivity contribution >= 4 is 11.5 Å². The van der Waals surface area contributed by atoms with Crippen molar-refractivity contribution in [2.75, 3.05) is 0 Å². The van der Waals surface area contributed by atoms with E-state index in [0.29, 0.717) is 11.3 Å². The van der Waals surface area contributed by atoms with Gasteiger partial charge < -0.3 is 5.11 Å². The van der Waals surface area contributed by atoms with Gasteiger partial charge in [-0.2, -0.15) is 5.10 Å². The van der Waals surface area contributed by atoms with Crippen LogP contribution in [0.15, 0.2) is 54.6 Å². The molecule has 5 heteroatoms. The molecule has 2 aromatic carbocycles. The molecule has 3 rings (SSSR count). The summed E-state index contributed by atoms with van der Waals surface area (Å²) in [5, 5.41) is 24.4. The molecule has 0 atom stereocenters. The molecule has 1 heterocycles.